The molecule has 0 aromatic heterocycles. The van der Waals surface area contributed by atoms with Gasteiger partial charge in [0.2, 0.25) is 0 Å². The lowest BCUT2D eigenvalue weighted by Crippen LogP contribution is -2.44. The topological polar surface area (TPSA) is 64.6 Å². The maximum absolute atomic E-state index is 11.8. The van der Waals surface area contributed by atoms with Gasteiger partial charge in [-0.1, -0.05) is 6.42 Å². The van der Waals surface area contributed by atoms with Gasteiger partial charge in [0.05, 0.1) is 7.11 Å². The van der Waals surface area contributed by atoms with Gasteiger partial charge in [0.1, 0.15) is 5.60 Å². The molecule has 1 aliphatic heterocycles. The SMILES string of the molecule is COC(=O)CCCCCNC(=O)C1(C)CCCO1. The van der Waals surface area contributed by atoms with Crippen LogP contribution in [-0.4, -0.2) is 37.7 Å². The highest BCUT2D eigenvalue weighted by Gasteiger charge is 2.37. The van der Waals surface area contributed by atoms with Gasteiger partial charge in [-0.25, -0.2) is 0 Å². The predicted molar refractivity (Wildman–Crippen MR) is 67.1 cm³/mol. The van der Waals surface area contributed by atoms with Crippen molar-refractivity contribution < 1.29 is 19.1 Å². The lowest BCUT2D eigenvalue weighted by molar-refractivity contribution is -0.141. The van der Waals surface area contributed by atoms with E-state index in [1.54, 1.807) is 0 Å². The van der Waals surface area contributed by atoms with E-state index in [0.29, 0.717) is 19.6 Å². The van der Waals surface area contributed by atoms with E-state index in [4.69, 9.17) is 4.74 Å². The molecule has 0 radical (unpaired) electrons. The van der Waals surface area contributed by atoms with Crippen molar-refractivity contribution in [1.82, 2.24) is 5.32 Å². The molecule has 1 atom stereocenters. The van der Waals surface area contributed by atoms with Crippen molar-refractivity contribution in [3.8, 4) is 0 Å². The van der Waals surface area contributed by atoms with Crippen molar-refractivity contribution in [2.75, 3.05) is 20.3 Å². The number of ether oxygens (including phenoxy) is 2. The van der Waals surface area contributed by atoms with Crippen molar-refractivity contribution in [3.63, 3.8) is 0 Å². The number of carbonyl (C=O) groups is 2. The zero-order valence-electron chi connectivity index (χ0n) is 11.3. The molecule has 1 fully saturated rings. The van der Waals surface area contributed by atoms with Crippen LogP contribution < -0.4 is 5.32 Å². The number of methoxy groups -OCH3 is 1. The van der Waals surface area contributed by atoms with Crippen molar-refractivity contribution >= 4 is 11.9 Å². The summed E-state index contributed by atoms with van der Waals surface area (Å²) in [6, 6.07) is 0. The number of esters is 1. The summed E-state index contributed by atoms with van der Waals surface area (Å²) in [5.41, 5.74) is -0.633. The number of nitrogens with one attached hydrogen (secondary N) is 1. The maximum atomic E-state index is 11.8. The van der Waals surface area contributed by atoms with Crippen LogP contribution in [-0.2, 0) is 19.1 Å². The van der Waals surface area contributed by atoms with Crippen LogP contribution >= 0.6 is 0 Å². The first-order valence-corrected chi connectivity index (χ1v) is 6.57. The predicted octanol–water partition coefficient (Wildman–Crippen LogP) is 1.41. The molecule has 0 saturated carbocycles. The molecule has 1 unspecified atom stereocenters. The van der Waals surface area contributed by atoms with Gasteiger partial charge in [0.15, 0.2) is 0 Å². The fraction of sp³-hybridized carbons (Fsp3) is 0.846. The molecular formula is C13H23NO4. The van der Waals surface area contributed by atoms with E-state index in [9.17, 15) is 9.59 Å². The second-order valence-electron chi connectivity index (χ2n) is 4.83. The summed E-state index contributed by atoms with van der Waals surface area (Å²) >= 11 is 0. The second kappa shape index (κ2) is 7.36. The van der Waals surface area contributed by atoms with Gasteiger partial charge in [-0.15, -0.1) is 0 Å². The van der Waals surface area contributed by atoms with Crippen LogP contribution in [0.4, 0.5) is 0 Å². The minimum Gasteiger partial charge on any atom is -0.469 e. The number of amides is 1. The van der Waals surface area contributed by atoms with Gasteiger partial charge in [0, 0.05) is 19.6 Å². The molecule has 0 aromatic rings. The normalized spacial score (nSPS) is 22.8. The van der Waals surface area contributed by atoms with Gasteiger partial charge in [0.25, 0.3) is 5.91 Å². The van der Waals surface area contributed by atoms with E-state index >= 15 is 0 Å². The highest BCUT2D eigenvalue weighted by Crippen LogP contribution is 2.24. The molecule has 1 N–H and O–H groups in total. The van der Waals surface area contributed by atoms with Crippen LogP contribution in [0.25, 0.3) is 0 Å². The van der Waals surface area contributed by atoms with Crippen molar-refractivity contribution in [2.24, 2.45) is 0 Å². The number of hydrogen-bond acceptors (Lipinski definition) is 4. The molecule has 0 spiro atoms. The van der Waals surface area contributed by atoms with Crippen LogP contribution in [0.3, 0.4) is 0 Å². The summed E-state index contributed by atoms with van der Waals surface area (Å²) in [6.07, 6.45) is 4.78. The number of rotatable bonds is 7. The Hall–Kier alpha value is -1.10. The quantitative estimate of drug-likeness (QED) is 0.553. The lowest BCUT2D eigenvalue weighted by Gasteiger charge is -2.21. The molecule has 0 aliphatic carbocycles. The summed E-state index contributed by atoms with van der Waals surface area (Å²) in [5.74, 6) is -0.195. The molecule has 5 heteroatoms. The van der Waals surface area contributed by atoms with E-state index in [1.165, 1.54) is 7.11 Å². The highest BCUT2D eigenvalue weighted by atomic mass is 16.5. The summed E-state index contributed by atoms with van der Waals surface area (Å²) in [5, 5.41) is 2.89. The zero-order valence-corrected chi connectivity index (χ0v) is 11.3. The average Bonchev–Trinajstić information content (AvgIpc) is 2.81. The van der Waals surface area contributed by atoms with E-state index in [1.807, 2.05) is 6.92 Å². The minimum absolute atomic E-state index is 0.0204. The first-order valence-electron chi connectivity index (χ1n) is 6.57. The van der Waals surface area contributed by atoms with Crippen LogP contribution in [0.15, 0.2) is 0 Å². The van der Waals surface area contributed by atoms with Crippen LogP contribution in [0.2, 0.25) is 0 Å². The van der Waals surface area contributed by atoms with Gasteiger partial charge >= 0.3 is 5.97 Å². The number of unbranched alkanes of at least 4 members (excludes halogenated alkanes) is 2. The summed E-state index contributed by atoms with van der Waals surface area (Å²) in [6.45, 7) is 3.15. The van der Waals surface area contributed by atoms with Crippen LogP contribution in [0.1, 0.15) is 45.4 Å². The Balaban J connectivity index is 2.04. The van der Waals surface area contributed by atoms with Crippen molar-refractivity contribution in [3.05, 3.63) is 0 Å². The van der Waals surface area contributed by atoms with Gasteiger partial charge in [-0.3, -0.25) is 9.59 Å². The molecular weight excluding hydrogens is 234 g/mol. The average molecular weight is 257 g/mol. The molecule has 18 heavy (non-hydrogen) atoms. The Morgan fingerprint density at radius 1 is 1.33 bits per heavy atom. The Bertz CT molecular complexity index is 285. The van der Waals surface area contributed by atoms with Gasteiger partial charge < -0.3 is 14.8 Å². The largest absolute Gasteiger partial charge is 0.469 e. The van der Waals surface area contributed by atoms with E-state index in [2.05, 4.69) is 10.1 Å². The Kier molecular flexibility index (Phi) is 6.12. The first-order chi connectivity index (χ1) is 8.58. The summed E-state index contributed by atoms with van der Waals surface area (Å²) < 4.78 is 10.0. The summed E-state index contributed by atoms with van der Waals surface area (Å²) in [4.78, 5) is 22.7. The Labute approximate surface area is 108 Å². The third-order valence-electron chi connectivity index (χ3n) is 3.27. The fourth-order valence-electron chi connectivity index (χ4n) is 2.02. The fourth-order valence-corrected chi connectivity index (χ4v) is 2.02. The number of carbonyl (C=O) groups excluding carboxylic acids is 2. The monoisotopic (exact) mass is 257 g/mol. The maximum Gasteiger partial charge on any atom is 0.305 e. The van der Waals surface area contributed by atoms with E-state index in [0.717, 1.165) is 32.1 Å². The molecule has 1 heterocycles. The van der Waals surface area contributed by atoms with Gasteiger partial charge in [-0.05, 0) is 32.6 Å². The molecule has 1 rings (SSSR count). The molecule has 104 valence electrons. The first kappa shape index (κ1) is 15.0. The van der Waals surface area contributed by atoms with Crippen molar-refractivity contribution in [1.29, 1.82) is 0 Å². The zero-order chi connectivity index (χ0) is 13.4. The molecule has 1 amide bonds. The lowest BCUT2D eigenvalue weighted by atomic mass is 10.0. The smallest absolute Gasteiger partial charge is 0.305 e. The molecule has 1 saturated heterocycles. The third-order valence-corrected chi connectivity index (χ3v) is 3.27. The molecule has 0 aromatic carbocycles. The highest BCUT2D eigenvalue weighted by molar-refractivity contribution is 5.84. The standard InChI is InChI=1S/C13H23NO4/c1-13(8-6-10-18-13)12(16)14-9-5-3-4-7-11(15)17-2/h3-10H2,1-2H3,(H,14,16). The molecule has 0 bridgehead atoms. The van der Waals surface area contributed by atoms with E-state index < -0.39 is 5.60 Å². The van der Waals surface area contributed by atoms with Gasteiger partial charge in [-0.2, -0.15) is 0 Å². The molecule has 1 aliphatic rings. The number of hydrogen-bond donors (Lipinski definition) is 1. The van der Waals surface area contributed by atoms with Crippen LogP contribution in [0, 0.1) is 0 Å². The van der Waals surface area contributed by atoms with E-state index in [-0.39, 0.29) is 11.9 Å². The second-order valence-corrected chi connectivity index (χ2v) is 4.83. The van der Waals surface area contributed by atoms with Crippen LogP contribution in [0.5, 0.6) is 0 Å². The molecule has 5 nitrogen and oxygen atoms in total. The third kappa shape index (κ3) is 4.64. The summed E-state index contributed by atoms with van der Waals surface area (Å²) in [7, 11) is 1.39. The Morgan fingerprint density at radius 2 is 2.11 bits per heavy atom. The minimum atomic E-state index is -0.633. The Morgan fingerprint density at radius 3 is 2.72 bits per heavy atom. The van der Waals surface area contributed by atoms with Crippen molar-refractivity contribution in [2.45, 2.75) is 51.0 Å².